The van der Waals surface area contributed by atoms with Crippen LogP contribution in [0.1, 0.15) is 12.6 Å². The number of nitrogens with zero attached hydrogens (tertiary/aromatic N) is 1. The molecule has 0 atom stereocenters. The van der Waals surface area contributed by atoms with E-state index in [1.54, 1.807) is 43.4 Å². The molecule has 6 aromatic rings. The number of nitrogens with one attached hydrogen (secondary N) is 1. The third-order valence-electron chi connectivity index (χ3n) is 6.50. The number of halogens is 6. The first-order chi connectivity index (χ1) is 22.4. The van der Waals surface area contributed by atoms with E-state index in [0.717, 1.165) is 19.7 Å². The van der Waals surface area contributed by atoms with Gasteiger partial charge in [0.25, 0.3) is 0 Å². The maximum atomic E-state index is 12.3. The molecular weight excluding hydrogens is 845 g/mol. The van der Waals surface area contributed by atoms with Crippen LogP contribution in [-0.2, 0) is 22.7 Å². The largest absolute Gasteiger partial charge is 1.00 e. The van der Waals surface area contributed by atoms with Crippen LogP contribution < -0.4 is 39.8 Å². The third kappa shape index (κ3) is 10.3. The van der Waals surface area contributed by atoms with Gasteiger partial charge in [0.05, 0.1) is 11.4 Å². The van der Waals surface area contributed by atoms with E-state index in [2.05, 4.69) is 37.2 Å². The zero-order valence-corrected chi connectivity index (χ0v) is 33.4. The number of anilines is 2. The van der Waals surface area contributed by atoms with Crippen LogP contribution in [0, 0.1) is 0 Å². The van der Waals surface area contributed by atoms with Gasteiger partial charge in [0.15, 0.2) is 0 Å². The molecule has 0 aliphatic rings. The normalized spacial score (nSPS) is 10.6. The molecule has 15 heteroatoms. The zero-order valence-electron chi connectivity index (χ0n) is 26.2. The Hall–Kier alpha value is -2.38. The molecule has 0 aliphatic heterocycles. The Morgan fingerprint density at radius 1 is 0.729 bits per heavy atom. The second-order valence-corrected chi connectivity index (χ2v) is 13.5. The van der Waals surface area contributed by atoms with Crippen LogP contribution >= 0.6 is 78.3 Å². The maximum absolute atomic E-state index is 12.3. The van der Waals surface area contributed by atoms with E-state index in [1.165, 1.54) is 17.4 Å². The number of carbonyl (C=O) groups is 2. The van der Waals surface area contributed by atoms with Gasteiger partial charge in [-0.05, 0) is 83.9 Å². The molecule has 0 saturated heterocycles. The quantitative estimate of drug-likeness (QED) is 0.168. The first-order valence-electron chi connectivity index (χ1n) is 13.5. The summed E-state index contributed by atoms with van der Waals surface area (Å²) in [5.74, 6) is 0. The maximum Gasteiger partial charge on any atom is 1.00 e. The average molecular weight is 868 g/mol. The summed E-state index contributed by atoms with van der Waals surface area (Å²) < 4.78 is 23.1. The smallest absolute Gasteiger partial charge is 1.00 e. The van der Waals surface area contributed by atoms with Crippen molar-refractivity contribution in [2.24, 2.45) is 0 Å². The number of hydrogen-bond acceptors (Lipinski definition) is 6. The summed E-state index contributed by atoms with van der Waals surface area (Å²) in [6, 6.07) is 21.1. The van der Waals surface area contributed by atoms with Crippen LogP contribution in [0.3, 0.4) is 0 Å². The van der Waals surface area contributed by atoms with E-state index < -0.39 is 12.2 Å². The van der Waals surface area contributed by atoms with Gasteiger partial charge in [0.1, 0.15) is 36.9 Å². The van der Waals surface area contributed by atoms with Crippen molar-refractivity contribution in [1.82, 2.24) is 0 Å². The molecule has 0 saturated carbocycles. The monoisotopic (exact) mass is 864 g/mol. The van der Waals surface area contributed by atoms with Gasteiger partial charge in [0, 0.05) is 46.9 Å². The van der Waals surface area contributed by atoms with E-state index in [4.69, 9.17) is 64.7 Å². The van der Waals surface area contributed by atoms with Crippen LogP contribution in [-0.4, -0.2) is 19.2 Å². The van der Waals surface area contributed by atoms with E-state index >= 15 is 0 Å². The van der Waals surface area contributed by atoms with E-state index in [-0.39, 0.29) is 44.2 Å². The number of rotatable bonds is 6. The summed E-state index contributed by atoms with van der Waals surface area (Å²) >= 11 is 30.5. The first-order valence-corrected chi connectivity index (χ1v) is 16.6. The van der Waals surface area contributed by atoms with Gasteiger partial charge in [-0.2, -0.15) is 0 Å². The molecule has 48 heavy (non-hydrogen) atoms. The molecule has 8 nitrogen and oxygen atoms in total. The average Bonchev–Trinajstić information content (AvgIpc) is 3.61. The van der Waals surface area contributed by atoms with Crippen LogP contribution in [0.25, 0.3) is 21.9 Å². The van der Waals surface area contributed by atoms with Crippen LogP contribution in [0.5, 0.6) is 0 Å². The molecule has 1 N–H and O–H groups in total. The van der Waals surface area contributed by atoms with Crippen LogP contribution in [0.2, 0.25) is 20.1 Å². The Kier molecular flexibility index (Phi) is 14.0. The molecule has 2 aromatic heterocycles. The van der Waals surface area contributed by atoms with Crippen LogP contribution in [0.4, 0.5) is 21.0 Å². The molecular formula is C33H23Br2Cl4N2NaO6. The van der Waals surface area contributed by atoms with Crippen molar-refractivity contribution >= 4 is 124 Å². The summed E-state index contributed by atoms with van der Waals surface area (Å²) in [5, 5.41) is 6.21. The predicted molar refractivity (Wildman–Crippen MR) is 194 cm³/mol. The zero-order chi connectivity index (χ0) is 33.7. The molecule has 0 aliphatic carbocycles. The number of furan rings is 2. The molecule has 0 radical (unpaired) electrons. The van der Waals surface area contributed by atoms with E-state index in [9.17, 15) is 9.59 Å². The minimum absolute atomic E-state index is 0. The Labute approximate surface area is 335 Å². The molecule has 0 spiro atoms. The Morgan fingerprint density at radius 3 is 1.77 bits per heavy atom. The second kappa shape index (κ2) is 17.5. The van der Waals surface area contributed by atoms with E-state index in [0.29, 0.717) is 53.8 Å². The molecule has 2 heterocycles. The Morgan fingerprint density at radius 2 is 1.21 bits per heavy atom. The minimum atomic E-state index is -0.594. The fourth-order valence-corrected chi connectivity index (χ4v) is 6.23. The fraction of sp³-hybridized carbons (Fsp3) is 0.0909. The van der Waals surface area contributed by atoms with Gasteiger partial charge >= 0.3 is 41.7 Å². The number of fused-ring (bicyclic) bond motifs is 2. The van der Waals surface area contributed by atoms with Gasteiger partial charge < -0.3 is 19.7 Å². The Balaban J connectivity index is 0.000000255. The first kappa shape index (κ1) is 38.4. The SMILES string of the molecule is CN(C(=O)OCc1cc(Cl)cc(Cl)c1)c1coc2ccc(Br)cc12.O=C(Nc1coc2ccc(Br)cc12)OCc1cc(Cl)cc(Cl)c1.[H-].[Na+]. The van der Waals surface area contributed by atoms with Crippen molar-refractivity contribution in [3.63, 3.8) is 0 Å². The molecule has 0 fully saturated rings. The molecule has 0 unspecified atom stereocenters. The standard InChI is InChI=1S/C17H12BrCl2NO3.C16H10BrCl2NO3.Na.H/c1-21(15-9-23-16-3-2-11(18)6-14(15)16)17(22)24-8-10-4-12(19)7-13(20)5-10;17-10-1-2-15-13(5-10)14(8-22-15)20-16(21)23-7-9-3-11(18)6-12(19)4-9;;/h2-7,9H,8H2,1H3;1-6,8H,7H2,(H,20,21);;/q;;+1;-1. The summed E-state index contributed by atoms with van der Waals surface area (Å²) in [7, 11) is 1.62. The number of benzene rings is 4. The van der Waals surface area contributed by atoms with Crippen LogP contribution in [0.15, 0.2) is 103 Å². The predicted octanol–water partition coefficient (Wildman–Crippen LogP) is 9.64. The van der Waals surface area contributed by atoms with Crippen molar-refractivity contribution in [3.05, 3.63) is 125 Å². The second-order valence-electron chi connectivity index (χ2n) is 9.92. The van der Waals surface area contributed by atoms with Crippen molar-refractivity contribution in [2.45, 2.75) is 13.2 Å². The third-order valence-corrected chi connectivity index (χ3v) is 8.36. The van der Waals surface area contributed by atoms with E-state index in [1.807, 2.05) is 36.4 Å². The van der Waals surface area contributed by atoms with Gasteiger partial charge in [-0.1, -0.05) is 78.3 Å². The molecule has 4 aromatic carbocycles. The number of ether oxygens (including phenoxy) is 2. The van der Waals surface area contributed by atoms with Gasteiger partial charge in [-0.15, -0.1) is 0 Å². The summed E-state index contributed by atoms with van der Waals surface area (Å²) in [4.78, 5) is 25.6. The Bertz CT molecular complexity index is 2060. The van der Waals surface area contributed by atoms with Gasteiger partial charge in [-0.3, -0.25) is 10.2 Å². The van der Waals surface area contributed by atoms with Crippen molar-refractivity contribution < 1.29 is 58.9 Å². The summed E-state index contributed by atoms with van der Waals surface area (Å²) in [6.45, 7) is 0.133. The number of hydrogen-bond donors (Lipinski definition) is 1. The molecule has 2 amide bonds. The summed E-state index contributed by atoms with van der Waals surface area (Å²) in [5.41, 5.74) is 3.95. The van der Waals surface area contributed by atoms with Gasteiger partial charge in [0.2, 0.25) is 0 Å². The topological polar surface area (TPSA) is 94.2 Å². The number of amides is 2. The van der Waals surface area contributed by atoms with Gasteiger partial charge in [-0.25, -0.2) is 9.59 Å². The van der Waals surface area contributed by atoms with Crippen molar-refractivity contribution in [3.8, 4) is 0 Å². The molecule has 6 rings (SSSR count). The molecule has 244 valence electrons. The number of carbonyl (C=O) groups excluding carboxylic acids is 2. The van der Waals surface area contributed by atoms with Crippen molar-refractivity contribution in [2.75, 3.05) is 17.3 Å². The minimum Gasteiger partial charge on any atom is -1.00 e. The fourth-order valence-electron chi connectivity index (χ4n) is 4.37. The van der Waals surface area contributed by atoms with Crippen molar-refractivity contribution in [1.29, 1.82) is 0 Å². The summed E-state index contributed by atoms with van der Waals surface area (Å²) in [6.07, 6.45) is 1.89. The molecule has 0 bridgehead atoms.